The maximum atomic E-state index is 15.1. The number of halogens is 1. The molecule has 36 heavy (non-hydrogen) atoms. The maximum absolute atomic E-state index is 15.1. The average Bonchev–Trinajstić information content (AvgIpc) is 3.44. The SMILES string of the molecule is COCC1(c2ccc(-c3noc(-c4cc(C)n(Cc5cccc(C(C)(C)O)c5)n4)n3)cc2F)CCC1. The molecule has 0 aliphatic heterocycles. The van der Waals surface area contributed by atoms with Crippen molar-refractivity contribution in [1.29, 1.82) is 0 Å². The highest BCUT2D eigenvalue weighted by Gasteiger charge is 2.40. The quantitative estimate of drug-likeness (QED) is 0.356. The van der Waals surface area contributed by atoms with Crippen molar-refractivity contribution in [1.82, 2.24) is 19.9 Å². The van der Waals surface area contributed by atoms with E-state index in [0.29, 0.717) is 35.8 Å². The average molecular weight is 491 g/mol. The highest BCUT2D eigenvalue weighted by atomic mass is 19.1. The van der Waals surface area contributed by atoms with Gasteiger partial charge in [-0.25, -0.2) is 4.39 Å². The van der Waals surface area contributed by atoms with E-state index in [4.69, 9.17) is 9.26 Å². The second kappa shape index (κ2) is 9.26. The van der Waals surface area contributed by atoms with Gasteiger partial charge in [-0.1, -0.05) is 48.0 Å². The van der Waals surface area contributed by atoms with Crippen molar-refractivity contribution in [2.75, 3.05) is 13.7 Å². The molecule has 0 spiro atoms. The summed E-state index contributed by atoms with van der Waals surface area (Å²) in [7, 11) is 1.66. The van der Waals surface area contributed by atoms with E-state index < -0.39 is 5.60 Å². The first-order valence-corrected chi connectivity index (χ1v) is 12.2. The second-order valence-corrected chi connectivity index (χ2v) is 10.3. The number of hydrogen-bond donors (Lipinski definition) is 1. The van der Waals surface area contributed by atoms with E-state index >= 15 is 4.39 Å². The smallest absolute Gasteiger partial charge is 0.278 e. The van der Waals surface area contributed by atoms with E-state index in [1.54, 1.807) is 21.0 Å². The fourth-order valence-electron chi connectivity index (χ4n) is 4.90. The van der Waals surface area contributed by atoms with Crippen molar-refractivity contribution < 1.29 is 18.8 Å². The lowest BCUT2D eigenvalue weighted by atomic mass is 9.65. The van der Waals surface area contributed by atoms with Crippen molar-refractivity contribution in [3.8, 4) is 23.0 Å². The largest absolute Gasteiger partial charge is 0.386 e. The van der Waals surface area contributed by atoms with Crippen molar-refractivity contribution in [3.05, 3.63) is 76.7 Å². The highest BCUT2D eigenvalue weighted by Crippen LogP contribution is 2.45. The molecule has 188 valence electrons. The number of benzene rings is 2. The van der Waals surface area contributed by atoms with Crippen LogP contribution in [0.5, 0.6) is 0 Å². The van der Waals surface area contributed by atoms with Gasteiger partial charge in [-0.3, -0.25) is 4.68 Å². The van der Waals surface area contributed by atoms with E-state index in [9.17, 15) is 5.11 Å². The fraction of sp³-hybridized carbons (Fsp3) is 0.393. The predicted octanol–water partition coefficient (Wildman–Crippen LogP) is 5.39. The Morgan fingerprint density at radius 1 is 1.17 bits per heavy atom. The maximum Gasteiger partial charge on any atom is 0.278 e. The molecule has 1 aliphatic rings. The number of hydrogen-bond acceptors (Lipinski definition) is 6. The molecular weight excluding hydrogens is 459 g/mol. The molecule has 0 atom stereocenters. The molecule has 7 nitrogen and oxygen atoms in total. The topological polar surface area (TPSA) is 86.2 Å². The third kappa shape index (κ3) is 4.58. The van der Waals surface area contributed by atoms with E-state index in [0.717, 1.165) is 36.1 Å². The summed E-state index contributed by atoms with van der Waals surface area (Å²) in [5.41, 5.74) is 3.43. The molecule has 0 saturated heterocycles. The minimum Gasteiger partial charge on any atom is -0.386 e. The van der Waals surface area contributed by atoms with Crippen molar-refractivity contribution >= 4 is 0 Å². The Bertz CT molecular complexity index is 1380. The minimum absolute atomic E-state index is 0.240. The Hall–Kier alpha value is -3.36. The monoisotopic (exact) mass is 490 g/mol. The second-order valence-electron chi connectivity index (χ2n) is 10.3. The van der Waals surface area contributed by atoms with Gasteiger partial charge in [0.15, 0.2) is 5.69 Å². The van der Waals surface area contributed by atoms with Gasteiger partial charge in [0.1, 0.15) is 5.82 Å². The van der Waals surface area contributed by atoms with Gasteiger partial charge >= 0.3 is 0 Å². The molecule has 1 saturated carbocycles. The molecule has 2 heterocycles. The van der Waals surface area contributed by atoms with Crippen molar-refractivity contribution in [3.63, 3.8) is 0 Å². The zero-order valence-electron chi connectivity index (χ0n) is 21.1. The standard InChI is InChI=1S/C28H31FN4O3/c1-18-13-24(31-33(18)16-19-7-5-8-21(14-19)27(2,3)34)26-30-25(32-36-26)20-9-10-22(23(29)15-20)28(17-35-4)11-6-12-28/h5,7-10,13-15,34H,6,11-12,16-17H2,1-4H3. The molecule has 1 N–H and O–H groups in total. The summed E-state index contributed by atoms with van der Waals surface area (Å²) in [6.07, 6.45) is 2.93. The molecule has 5 rings (SSSR count). The molecule has 1 fully saturated rings. The fourth-order valence-corrected chi connectivity index (χ4v) is 4.90. The van der Waals surface area contributed by atoms with Crippen LogP contribution in [-0.4, -0.2) is 38.7 Å². The van der Waals surface area contributed by atoms with Gasteiger partial charge in [0.2, 0.25) is 5.82 Å². The molecule has 8 heteroatoms. The van der Waals surface area contributed by atoms with E-state index in [1.807, 2.05) is 54.1 Å². The number of aliphatic hydroxyl groups is 1. The number of nitrogens with zero attached hydrogens (tertiary/aromatic N) is 4. The number of ether oxygens (including phenoxy) is 1. The summed E-state index contributed by atoms with van der Waals surface area (Å²) < 4.78 is 27.8. The third-order valence-electron chi connectivity index (χ3n) is 7.12. The Morgan fingerprint density at radius 2 is 1.97 bits per heavy atom. The zero-order chi connectivity index (χ0) is 25.5. The van der Waals surface area contributed by atoms with Crippen LogP contribution >= 0.6 is 0 Å². The van der Waals surface area contributed by atoms with Crippen molar-refractivity contribution in [2.24, 2.45) is 0 Å². The summed E-state index contributed by atoms with van der Waals surface area (Å²) in [4.78, 5) is 4.48. The van der Waals surface area contributed by atoms with Crippen LogP contribution in [0.2, 0.25) is 0 Å². The van der Waals surface area contributed by atoms with E-state index in [2.05, 4.69) is 15.2 Å². The van der Waals surface area contributed by atoms with Crippen LogP contribution in [0, 0.1) is 12.7 Å². The van der Waals surface area contributed by atoms with Crippen molar-refractivity contribution in [2.45, 2.75) is 57.6 Å². The molecule has 2 aromatic carbocycles. The van der Waals surface area contributed by atoms with Crippen LogP contribution in [0.1, 0.15) is 55.5 Å². The Balaban J connectivity index is 1.36. The molecule has 2 aromatic heterocycles. The van der Waals surface area contributed by atoms with Crippen LogP contribution < -0.4 is 0 Å². The normalized spacial score (nSPS) is 15.2. The Labute approximate surface area is 209 Å². The Kier molecular flexibility index (Phi) is 6.26. The molecule has 0 radical (unpaired) electrons. The van der Waals surface area contributed by atoms with Crippen LogP contribution in [0.3, 0.4) is 0 Å². The minimum atomic E-state index is -0.916. The van der Waals surface area contributed by atoms with Gasteiger partial charge in [0, 0.05) is 23.8 Å². The summed E-state index contributed by atoms with van der Waals surface area (Å²) in [5.74, 6) is 0.315. The number of rotatable bonds is 8. The summed E-state index contributed by atoms with van der Waals surface area (Å²) in [6.45, 7) is 6.53. The van der Waals surface area contributed by atoms with Gasteiger partial charge < -0.3 is 14.4 Å². The lowest BCUT2D eigenvalue weighted by Gasteiger charge is -2.42. The van der Waals surface area contributed by atoms with Gasteiger partial charge in [-0.2, -0.15) is 10.1 Å². The first-order valence-electron chi connectivity index (χ1n) is 12.2. The number of methoxy groups -OCH3 is 1. The number of aromatic nitrogens is 4. The van der Waals surface area contributed by atoms with E-state index in [-0.39, 0.29) is 17.1 Å². The molecule has 0 bridgehead atoms. The molecule has 4 aromatic rings. The van der Waals surface area contributed by atoms with E-state index in [1.165, 1.54) is 6.07 Å². The molecule has 0 unspecified atom stereocenters. The highest BCUT2D eigenvalue weighted by molar-refractivity contribution is 5.59. The first-order chi connectivity index (χ1) is 17.2. The summed E-state index contributed by atoms with van der Waals surface area (Å²) >= 11 is 0. The molecule has 1 aliphatic carbocycles. The van der Waals surface area contributed by atoms with Gasteiger partial charge in [0.25, 0.3) is 5.89 Å². The molecule has 0 amide bonds. The predicted molar refractivity (Wildman–Crippen MR) is 134 cm³/mol. The third-order valence-corrected chi connectivity index (χ3v) is 7.12. The lowest BCUT2D eigenvalue weighted by Crippen LogP contribution is -2.39. The van der Waals surface area contributed by atoms with Crippen LogP contribution in [0.25, 0.3) is 23.0 Å². The van der Waals surface area contributed by atoms with Crippen LogP contribution in [0.15, 0.2) is 53.1 Å². The van der Waals surface area contributed by atoms with Crippen LogP contribution in [-0.2, 0) is 22.3 Å². The first kappa shape index (κ1) is 24.3. The van der Waals surface area contributed by atoms with Crippen LogP contribution in [0.4, 0.5) is 4.39 Å². The lowest BCUT2D eigenvalue weighted by molar-refractivity contribution is 0.0767. The van der Waals surface area contributed by atoms with Gasteiger partial charge in [0.05, 0.1) is 18.8 Å². The zero-order valence-corrected chi connectivity index (χ0v) is 21.1. The number of aryl methyl sites for hydroxylation is 1. The summed E-state index contributed by atoms with van der Waals surface area (Å²) in [6, 6.07) is 14.8. The Morgan fingerprint density at radius 3 is 2.64 bits per heavy atom. The van der Waals surface area contributed by atoms with Gasteiger partial charge in [-0.05, 0) is 62.4 Å². The molecular formula is C28H31FN4O3. The van der Waals surface area contributed by atoms with Gasteiger partial charge in [-0.15, -0.1) is 0 Å². The summed E-state index contributed by atoms with van der Waals surface area (Å²) in [5, 5.41) is 19.0.